The lowest BCUT2D eigenvalue weighted by Crippen LogP contribution is -2.51. The molecule has 0 saturated heterocycles. The number of carbonyl (C=O) groups excluding carboxylic acids is 3. The number of hydrogen-bond donors (Lipinski definition) is 5. The van der Waals surface area contributed by atoms with Crippen LogP contribution in [0.4, 0.5) is 0 Å². The third kappa shape index (κ3) is 9.25. The van der Waals surface area contributed by atoms with Gasteiger partial charge in [-0.3, -0.25) is 14.4 Å². The molecule has 5 rings (SSSR count). The van der Waals surface area contributed by atoms with Crippen LogP contribution in [0, 0.1) is 5.92 Å². The molecule has 0 radical (unpaired) electrons. The molecule has 2 aromatic carbocycles. The summed E-state index contributed by atoms with van der Waals surface area (Å²) in [5.74, 6) is -1.31. The molecule has 4 aromatic rings. The predicted molar refractivity (Wildman–Crippen MR) is 200 cm³/mol. The molecular weight excluding hydrogens is 693 g/mol. The van der Waals surface area contributed by atoms with Gasteiger partial charge < -0.3 is 32.0 Å². The van der Waals surface area contributed by atoms with E-state index in [1.165, 1.54) is 16.7 Å². The Hall–Kier alpha value is -3.45. The number of unbranched alkanes of at least 4 members (excludes halogenated alkanes) is 1. The quantitative estimate of drug-likeness (QED) is 0.139. The van der Waals surface area contributed by atoms with Crippen molar-refractivity contribution in [2.75, 3.05) is 20.1 Å². The van der Waals surface area contributed by atoms with Crippen LogP contribution in [0.2, 0.25) is 10.0 Å². The van der Waals surface area contributed by atoms with Crippen molar-refractivity contribution < 1.29 is 14.4 Å². The molecule has 50 heavy (non-hydrogen) atoms. The number of halogens is 2. The topological polar surface area (TPSA) is 159 Å². The molecule has 1 aliphatic rings. The molecule has 1 aliphatic heterocycles. The lowest BCUT2D eigenvalue weighted by Gasteiger charge is -2.31. The minimum atomic E-state index is -0.882. The zero-order valence-electron chi connectivity index (χ0n) is 28.2. The summed E-state index contributed by atoms with van der Waals surface area (Å²) in [4.78, 5) is 52.9. The van der Waals surface area contributed by atoms with E-state index in [1.54, 1.807) is 19.3 Å². The van der Waals surface area contributed by atoms with E-state index < -0.39 is 18.0 Å². The van der Waals surface area contributed by atoms with Crippen LogP contribution < -0.4 is 22.1 Å². The number of amides is 2. The van der Waals surface area contributed by atoms with Gasteiger partial charge in [0.25, 0.3) is 0 Å². The summed E-state index contributed by atoms with van der Waals surface area (Å²) in [5, 5.41) is 8.91. The molecule has 0 unspecified atom stereocenters. The molecule has 0 spiro atoms. The maximum Gasteiger partial charge on any atom is 0.243 e. The molecular formula is C37H45Cl2N7O3S. The van der Waals surface area contributed by atoms with Gasteiger partial charge in [-0.15, -0.1) is 0 Å². The molecule has 3 heterocycles. The molecule has 0 aliphatic carbocycles. The number of aromatic amines is 1. The van der Waals surface area contributed by atoms with Crippen molar-refractivity contribution in [2.24, 2.45) is 17.4 Å². The van der Waals surface area contributed by atoms with Crippen LogP contribution in [0.15, 0.2) is 70.8 Å². The van der Waals surface area contributed by atoms with Gasteiger partial charge in [-0.2, -0.15) is 0 Å². The number of H-pyrrole nitrogens is 1. The third-order valence-electron chi connectivity index (χ3n) is 9.28. The number of Topliss-reactive ketones (excluding diaryl/α,β-unsaturated/α-hetero) is 1. The fourth-order valence-corrected chi connectivity index (χ4v) is 7.90. The third-order valence-corrected chi connectivity index (χ3v) is 11.3. The Morgan fingerprint density at radius 3 is 2.56 bits per heavy atom. The summed E-state index contributed by atoms with van der Waals surface area (Å²) < 4.78 is 0. The maximum absolute atomic E-state index is 14.4. The first-order valence-electron chi connectivity index (χ1n) is 17.1. The molecule has 0 saturated carbocycles. The smallest absolute Gasteiger partial charge is 0.243 e. The summed E-state index contributed by atoms with van der Waals surface area (Å²) >= 11 is 14.7. The van der Waals surface area contributed by atoms with Gasteiger partial charge in [0.1, 0.15) is 11.1 Å². The van der Waals surface area contributed by atoms with E-state index in [2.05, 4.69) is 20.6 Å². The number of fused-ring (bicyclic) bond motifs is 3. The van der Waals surface area contributed by atoms with Gasteiger partial charge >= 0.3 is 0 Å². The number of likely N-dealkylation sites (N-methyl/N-ethyl adjacent to an activating group) is 1. The van der Waals surface area contributed by atoms with Crippen LogP contribution in [0.5, 0.6) is 0 Å². The number of pyridine rings is 1. The number of carbonyl (C=O) groups is 3. The number of para-hydroxylation sites is 1. The second kappa shape index (κ2) is 18.2. The molecule has 2 amide bonds. The number of hydrogen-bond acceptors (Lipinski definition) is 8. The average molecular weight is 739 g/mol. The standard InChI is InChI=1S/C37H45Cl2N7O3S/c1-46-31(18-25-21-43-29-11-3-2-10-26(25)29)35(48)45-22-27-33(14-13-28(38)34(27)39)50-36-24(9-7-17-42-36)20-44-30(12-6-16-41)32(47)19-23(37(46)49)8-4-5-15-40/h2-3,7,9-11,13-14,17,21,23,30-31,43-44H,4-6,8,12,15-16,18-20,22,40-41H2,1H3,(H,45,48)/t23-,30+,31+/m1/s1. The monoisotopic (exact) mass is 737 g/mol. The summed E-state index contributed by atoms with van der Waals surface area (Å²) in [6.07, 6.45) is 6.93. The average Bonchev–Trinajstić information content (AvgIpc) is 3.53. The number of ketones is 1. The summed E-state index contributed by atoms with van der Waals surface area (Å²) in [6, 6.07) is 13.8. The fraction of sp³-hybridized carbons (Fsp3) is 0.405. The zero-order chi connectivity index (χ0) is 35.6. The van der Waals surface area contributed by atoms with Crippen molar-refractivity contribution in [3.8, 4) is 0 Å². The number of aromatic nitrogens is 2. The minimum absolute atomic E-state index is 0.0333. The van der Waals surface area contributed by atoms with Gasteiger partial charge in [-0.05, 0) is 74.2 Å². The van der Waals surface area contributed by atoms with Gasteiger partial charge in [0, 0.05) is 72.7 Å². The van der Waals surface area contributed by atoms with Gasteiger partial charge in [0.2, 0.25) is 11.8 Å². The Morgan fingerprint density at radius 1 is 0.960 bits per heavy atom. The van der Waals surface area contributed by atoms with E-state index in [9.17, 15) is 14.4 Å². The lowest BCUT2D eigenvalue weighted by atomic mass is 9.90. The summed E-state index contributed by atoms with van der Waals surface area (Å²) in [7, 11) is 1.65. The highest BCUT2D eigenvalue weighted by Crippen LogP contribution is 2.38. The van der Waals surface area contributed by atoms with Crippen LogP contribution in [0.25, 0.3) is 10.9 Å². The Kier molecular flexibility index (Phi) is 13.7. The van der Waals surface area contributed by atoms with Crippen molar-refractivity contribution in [2.45, 2.75) is 80.0 Å². The second-order valence-corrected chi connectivity index (χ2v) is 14.5. The Balaban J connectivity index is 1.57. The largest absolute Gasteiger partial charge is 0.361 e. The molecule has 3 atom stereocenters. The van der Waals surface area contributed by atoms with Gasteiger partial charge in [0.15, 0.2) is 5.78 Å². The molecule has 7 N–H and O–H groups in total. The van der Waals surface area contributed by atoms with Crippen LogP contribution in [0.1, 0.15) is 55.2 Å². The lowest BCUT2D eigenvalue weighted by molar-refractivity contribution is -0.143. The zero-order valence-corrected chi connectivity index (χ0v) is 30.6. The van der Waals surface area contributed by atoms with Crippen molar-refractivity contribution in [3.05, 3.63) is 87.7 Å². The highest BCUT2D eigenvalue weighted by atomic mass is 35.5. The number of nitrogens with zero attached hydrogens (tertiary/aromatic N) is 2. The minimum Gasteiger partial charge on any atom is -0.361 e. The molecule has 266 valence electrons. The highest BCUT2D eigenvalue weighted by Gasteiger charge is 2.34. The first-order valence-corrected chi connectivity index (χ1v) is 18.6. The van der Waals surface area contributed by atoms with Crippen LogP contribution >= 0.6 is 35.0 Å². The van der Waals surface area contributed by atoms with Crippen LogP contribution in [-0.2, 0) is 33.9 Å². The normalized spacial score (nSPS) is 19.6. The second-order valence-electron chi connectivity index (χ2n) is 12.7. The number of nitrogens with one attached hydrogen (secondary N) is 3. The number of benzene rings is 2. The van der Waals surface area contributed by atoms with Crippen molar-refractivity contribution >= 4 is 63.5 Å². The van der Waals surface area contributed by atoms with E-state index in [0.717, 1.165) is 38.4 Å². The molecule has 2 aromatic heterocycles. The van der Waals surface area contributed by atoms with Crippen molar-refractivity contribution in [1.82, 2.24) is 25.5 Å². The molecule has 0 fully saturated rings. The van der Waals surface area contributed by atoms with Crippen LogP contribution in [-0.4, -0.2) is 64.7 Å². The molecule has 10 nitrogen and oxygen atoms in total. The van der Waals surface area contributed by atoms with E-state index in [-0.39, 0.29) is 37.0 Å². The number of nitrogens with two attached hydrogens (primary N) is 2. The van der Waals surface area contributed by atoms with E-state index in [0.29, 0.717) is 60.9 Å². The molecule has 13 heteroatoms. The summed E-state index contributed by atoms with van der Waals surface area (Å²) in [5.41, 5.74) is 15.0. The first-order chi connectivity index (χ1) is 24.2. The Bertz CT molecular complexity index is 1800. The SMILES string of the molecule is CN1C(=O)[C@H](CCCCN)CC(=O)[C@H](CCCN)NCc2cccnc2Sc2ccc(Cl)c(Cl)c2CNC(=O)[C@@H]1Cc1c[nH]c2ccccc12. The Labute approximate surface area is 307 Å². The van der Waals surface area contributed by atoms with Gasteiger partial charge in [0.05, 0.1) is 16.1 Å². The number of rotatable bonds is 9. The first kappa shape index (κ1) is 37.8. The van der Waals surface area contributed by atoms with Crippen LogP contribution in [0.3, 0.4) is 0 Å². The van der Waals surface area contributed by atoms with E-state index in [1.807, 2.05) is 48.7 Å². The van der Waals surface area contributed by atoms with Crippen molar-refractivity contribution in [1.29, 1.82) is 0 Å². The van der Waals surface area contributed by atoms with Gasteiger partial charge in [-0.25, -0.2) is 4.98 Å². The molecule has 0 bridgehead atoms. The van der Waals surface area contributed by atoms with E-state index >= 15 is 0 Å². The summed E-state index contributed by atoms with van der Waals surface area (Å²) in [6.45, 7) is 1.37. The predicted octanol–water partition coefficient (Wildman–Crippen LogP) is 5.62. The van der Waals surface area contributed by atoms with Gasteiger partial charge in [-0.1, -0.05) is 65.7 Å². The maximum atomic E-state index is 14.4. The fourth-order valence-electron chi connectivity index (χ4n) is 6.40. The van der Waals surface area contributed by atoms with E-state index in [4.69, 9.17) is 34.7 Å². The van der Waals surface area contributed by atoms with Crippen molar-refractivity contribution in [3.63, 3.8) is 0 Å². The highest BCUT2D eigenvalue weighted by molar-refractivity contribution is 7.99. The Morgan fingerprint density at radius 2 is 1.76 bits per heavy atom.